The molecular weight excluding hydrogens is 340 g/mol. The SMILES string of the molecule is CCOc1nc(C)cc2c1C(c1ccc(C#N)cc1OC)C(C#N)C(C)=N2. The zero-order valence-electron chi connectivity index (χ0n) is 15.8. The maximum Gasteiger partial charge on any atom is 0.219 e. The molecule has 0 spiro atoms. The lowest BCUT2D eigenvalue weighted by Crippen LogP contribution is -2.25. The van der Waals surface area contributed by atoms with Crippen molar-refractivity contribution in [3.63, 3.8) is 0 Å². The predicted octanol–water partition coefficient (Wildman–Crippen LogP) is 4.05. The second-order valence-corrected chi connectivity index (χ2v) is 6.34. The summed E-state index contributed by atoms with van der Waals surface area (Å²) in [6.07, 6.45) is 0. The first-order chi connectivity index (χ1) is 13.0. The van der Waals surface area contributed by atoms with E-state index in [9.17, 15) is 10.5 Å². The Balaban J connectivity index is 2.32. The van der Waals surface area contributed by atoms with Crippen LogP contribution in [0.3, 0.4) is 0 Å². The smallest absolute Gasteiger partial charge is 0.219 e. The number of aryl methyl sites for hydroxylation is 1. The molecule has 0 amide bonds. The summed E-state index contributed by atoms with van der Waals surface area (Å²) in [6, 6.07) is 11.6. The van der Waals surface area contributed by atoms with Crippen molar-refractivity contribution >= 4 is 11.4 Å². The van der Waals surface area contributed by atoms with Gasteiger partial charge in [-0.3, -0.25) is 4.99 Å². The maximum atomic E-state index is 9.87. The number of methoxy groups -OCH3 is 1. The molecule has 1 aliphatic heterocycles. The van der Waals surface area contributed by atoms with Crippen LogP contribution in [-0.2, 0) is 0 Å². The van der Waals surface area contributed by atoms with Crippen LogP contribution in [0, 0.1) is 35.5 Å². The summed E-state index contributed by atoms with van der Waals surface area (Å²) in [5.74, 6) is 0.214. The fraction of sp³-hybridized carbons (Fsp3) is 0.333. The van der Waals surface area contributed by atoms with Gasteiger partial charge in [0.05, 0.1) is 43.0 Å². The molecule has 0 fully saturated rings. The Morgan fingerprint density at radius 3 is 2.59 bits per heavy atom. The summed E-state index contributed by atoms with van der Waals surface area (Å²) in [5.41, 5.74) is 4.38. The van der Waals surface area contributed by atoms with E-state index in [-0.39, 0.29) is 5.92 Å². The summed E-state index contributed by atoms with van der Waals surface area (Å²) in [5, 5.41) is 19.1. The van der Waals surface area contributed by atoms with Crippen molar-refractivity contribution in [2.75, 3.05) is 13.7 Å². The van der Waals surface area contributed by atoms with Crippen LogP contribution in [-0.4, -0.2) is 24.4 Å². The van der Waals surface area contributed by atoms with E-state index in [1.807, 2.05) is 32.9 Å². The van der Waals surface area contributed by atoms with Crippen molar-refractivity contribution < 1.29 is 9.47 Å². The second-order valence-electron chi connectivity index (χ2n) is 6.34. The summed E-state index contributed by atoms with van der Waals surface area (Å²) >= 11 is 0. The van der Waals surface area contributed by atoms with Gasteiger partial charge in [0.25, 0.3) is 0 Å². The zero-order valence-corrected chi connectivity index (χ0v) is 15.8. The fourth-order valence-corrected chi connectivity index (χ4v) is 3.48. The van der Waals surface area contributed by atoms with Gasteiger partial charge in [-0.05, 0) is 39.0 Å². The van der Waals surface area contributed by atoms with Crippen LogP contribution in [0.1, 0.15) is 42.1 Å². The van der Waals surface area contributed by atoms with E-state index >= 15 is 0 Å². The number of nitrogens with zero attached hydrogens (tertiary/aromatic N) is 4. The third-order valence-electron chi connectivity index (χ3n) is 4.64. The molecule has 0 saturated heterocycles. The Kier molecular flexibility index (Phi) is 5.09. The lowest BCUT2D eigenvalue weighted by molar-refractivity contribution is 0.319. The molecule has 136 valence electrons. The molecular formula is C21H20N4O2. The van der Waals surface area contributed by atoms with E-state index in [1.165, 1.54) is 0 Å². The largest absolute Gasteiger partial charge is 0.496 e. The first kappa shape index (κ1) is 18.4. The highest BCUT2D eigenvalue weighted by Gasteiger charge is 2.37. The highest BCUT2D eigenvalue weighted by Crippen LogP contribution is 2.48. The van der Waals surface area contributed by atoms with E-state index in [0.29, 0.717) is 23.8 Å². The molecule has 1 aliphatic rings. The molecule has 6 nitrogen and oxygen atoms in total. The second kappa shape index (κ2) is 7.47. The number of aromatic nitrogens is 1. The number of aliphatic imine (C=N–C) groups is 1. The molecule has 1 aromatic carbocycles. The highest BCUT2D eigenvalue weighted by molar-refractivity contribution is 5.93. The first-order valence-electron chi connectivity index (χ1n) is 8.71. The number of nitriles is 2. The standard InChI is InChI=1S/C21H20N4O2/c1-5-27-21-20-17(8-12(2)24-21)25-13(3)16(11-23)19(20)15-7-6-14(10-22)9-18(15)26-4/h6-9,16,19H,5H2,1-4H3. The molecule has 3 rings (SSSR count). The molecule has 1 aromatic heterocycles. The van der Waals surface area contributed by atoms with Crippen LogP contribution in [0.2, 0.25) is 0 Å². The molecule has 27 heavy (non-hydrogen) atoms. The highest BCUT2D eigenvalue weighted by atomic mass is 16.5. The Labute approximate surface area is 158 Å². The Morgan fingerprint density at radius 1 is 1.19 bits per heavy atom. The minimum Gasteiger partial charge on any atom is -0.496 e. The number of pyridine rings is 1. The van der Waals surface area contributed by atoms with Crippen LogP contribution in [0.5, 0.6) is 11.6 Å². The van der Waals surface area contributed by atoms with Crippen LogP contribution >= 0.6 is 0 Å². The Morgan fingerprint density at radius 2 is 1.96 bits per heavy atom. The van der Waals surface area contributed by atoms with Crippen LogP contribution in [0.15, 0.2) is 29.3 Å². The van der Waals surface area contributed by atoms with Crippen molar-refractivity contribution in [1.82, 2.24) is 4.98 Å². The molecule has 2 atom stereocenters. The van der Waals surface area contributed by atoms with Crippen LogP contribution in [0.4, 0.5) is 5.69 Å². The quantitative estimate of drug-likeness (QED) is 0.820. The van der Waals surface area contributed by atoms with Crippen molar-refractivity contribution in [2.24, 2.45) is 10.9 Å². The first-order valence-corrected chi connectivity index (χ1v) is 8.71. The molecule has 6 heteroatoms. The van der Waals surface area contributed by atoms with Gasteiger partial charge in [0.15, 0.2) is 0 Å². The fourth-order valence-electron chi connectivity index (χ4n) is 3.48. The number of benzene rings is 1. The topological polar surface area (TPSA) is 91.3 Å². The van der Waals surface area contributed by atoms with E-state index < -0.39 is 5.92 Å². The Hall–Kier alpha value is -3.38. The summed E-state index contributed by atoms with van der Waals surface area (Å²) < 4.78 is 11.3. The molecule has 0 saturated carbocycles. The molecule has 2 unspecified atom stereocenters. The van der Waals surface area contributed by atoms with Gasteiger partial charge in [0, 0.05) is 28.5 Å². The molecule has 0 bridgehead atoms. The molecule has 2 heterocycles. The van der Waals surface area contributed by atoms with Crippen LogP contribution in [0.25, 0.3) is 0 Å². The third kappa shape index (κ3) is 3.22. The summed E-state index contributed by atoms with van der Waals surface area (Å²) in [6.45, 7) is 6.10. The van der Waals surface area contributed by atoms with Gasteiger partial charge in [-0.15, -0.1) is 0 Å². The lowest BCUT2D eigenvalue weighted by atomic mass is 9.76. The Bertz CT molecular complexity index is 998. The van der Waals surface area contributed by atoms with Gasteiger partial charge in [-0.25, -0.2) is 4.98 Å². The van der Waals surface area contributed by atoms with Crippen LogP contribution < -0.4 is 9.47 Å². The van der Waals surface area contributed by atoms with Gasteiger partial charge < -0.3 is 9.47 Å². The summed E-state index contributed by atoms with van der Waals surface area (Å²) in [7, 11) is 1.56. The van der Waals surface area contributed by atoms with E-state index in [1.54, 1.807) is 19.2 Å². The average Bonchev–Trinajstić information content (AvgIpc) is 2.66. The minimum absolute atomic E-state index is 0.347. The van der Waals surface area contributed by atoms with Crippen molar-refractivity contribution in [1.29, 1.82) is 10.5 Å². The lowest BCUT2D eigenvalue weighted by Gasteiger charge is -2.30. The van der Waals surface area contributed by atoms with E-state index in [0.717, 1.165) is 28.2 Å². The molecule has 0 N–H and O–H groups in total. The van der Waals surface area contributed by atoms with Gasteiger partial charge in [0.1, 0.15) is 5.75 Å². The van der Waals surface area contributed by atoms with Gasteiger partial charge in [-0.1, -0.05) is 6.07 Å². The monoisotopic (exact) mass is 360 g/mol. The van der Waals surface area contributed by atoms with Gasteiger partial charge in [-0.2, -0.15) is 10.5 Å². The van der Waals surface area contributed by atoms with E-state index in [2.05, 4.69) is 22.1 Å². The predicted molar refractivity (Wildman–Crippen MR) is 102 cm³/mol. The number of hydrogen-bond acceptors (Lipinski definition) is 6. The number of rotatable bonds is 4. The van der Waals surface area contributed by atoms with Gasteiger partial charge >= 0.3 is 0 Å². The minimum atomic E-state index is -0.483. The number of hydrogen-bond donors (Lipinski definition) is 0. The van der Waals surface area contributed by atoms with Crippen molar-refractivity contribution in [3.8, 4) is 23.8 Å². The molecule has 2 aromatic rings. The molecule has 0 aliphatic carbocycles. The number of fused-ring (bicyclic) bond motifs is 1. The average molecular weight is 360 g/mol. The third-order valence-corrected chi connectivity index (χ3v) is 4.64. The number of ether oxygens (including phenoxy) is 2. The zero-order chi connectivity index (χ0) is 19.6. The van der Waals surface area contributed by atoms with E-state index in [4.69, 9.17) is 9.47 Å². The summed E-state index contributed by atoms with van der Waals surface area (Å²) in [4.78, 5) is 9.19. The van der Waals surface area contributed by atoms with Gasteiger partial charge in [0.2, 0.25) is 5.88 Å². The molecule has 0 radical (unpaired) electrons. The normalized spacial score (nSPS) is 17.9. The van der Waals surface area contributed by atoms with Crippen molar-refractivity contribution in [3.05, 3.63) is 46.6 Å². The maximum absolute atomic E-state index is 9.87. The van der Waals surface area contributed by atoms with Crippen molar-refractivity contribution in [2.45, 2.75) is 26.7 Å².